The summed E-state index contributed by atoms with van der Waals surface area (Å²) in [6.07, 6.45) is -0.370. The van der Waals surface area contributed by atoms with Gasteiger partial charge in [-0.25, -0.2) is 0 Å². The maximum absolute atomic E-state index is 13.3. The summed E-state index contributed by atoms with van der Waals surface area (Å²) in [5.74, 6) is -0.904. The molecule has 1 atom stereocenters. The number of nitrogen functional groups attached to an aromatic ring is 1. The largest absolute Gasteiger partial charge is 0.399 e. The normalized spacial score (nSPS) is 18.0. The van der Waals surface area contributed by atoms with E-state index in [-0.39, 0.29) is 18.7 Å². The van der Waals surface area contributed by atoms with Crippen LogP contribution in [0, 0.1) is 0 Å². The van der Waals surface area contributed by atoms with E-state index in [0.29, 0.717) is 27.5 Å². The van der Waals surface area contributed by atoms with Crippen LogP contribution < -0.4 is 10.6 Å². The van der Waals surface area contributed by atoms with Crippen molar-refractivity contribution in [3.63, 3.8) is 0 Å². The number of halogens is 1. The minimum absolute atomic E-state index is 0.199. The number of aliphatic hydroxyl groups is 1. The van der Waals surface area contributed by atoms with Gasteiger partial charge >= 0.3 is 0 Å². The Bertz CT molecular complexity index is 1110. The molecule has 1 heterocycles. The summed E-state index contributed by atoms with van der Waals surface area (Å²) in [7, 11) is 0. The molecule has 0 fully saturated rings. The first-order valence-corrected chi connectivity index (χ1v) is 9.54. The van der Waals surface area contributed by atoms with Crippen LogP contribution in [0.25, 0.3) is 0 Å². The second-order valence-corrected chi connectivity index (χ2v) is 7.49. The van der Waals surface area contributed by atoms with Gasteiger partial charge in [-0.15, -0.1) is 0 Å². The lowest BCUT2D eigenvalue weighted by atomic mass is 9.88. The first kappa shape index (κ1) is 19.2. The molecular formula is C23H19ClN2O3. The molecule has 3 N–H and O–H groups in total. The molecule has 3 aromatic rings. The molecule has 6 heteroatoms. The van der Waals surface area contributed by atoms with Gasteiger partial charge in [-0.05, 0) is 29.8 Å². The van der Waals surface area contributed by atoms with Crippen LogP contribution >= 0.6 is 11.6 Å². The topological polar surface area (TPSA) is 83.6 Å². The number of para-hydroxylation sites is 1. The molecule has 146 valence electrons. The molecule has 1 aliphatic rings. The van der Waals surface area contributed by atoms with Crippen LogP contribution in [0.1, 0.15) is 27.9 Å². The third kappa shape index (κ3) is 3.39. The number of hydrogen-bond acceptors (Lipinski definition) is 4. The van der Waals surface area contributed by atoms with Crippen molar-refractivity contribution in [2.45, 2.75) is 18.6 Å². The summed E-state index contributed by atoms with van der Waals surface area (Å²) in [6, 6.07) is 20.7. The Labute approximate surface area is 173 Å². The second-order valence-electron chi connectivity index (χ2n) is 7.09. The standard InChI is InChI=1S/C23H19ClN2O3/c24-19-10-3-1-6-16(19)14-26-20-11-4-2-9-18(20)23(29,22(26)28)13-21(27)15-7-5-8-17(25)12-15/h1-12,29H,13-14,25H2/t23-/m0/s1. The van der Waals surface area contributed by atoms with E-state index in [2.05, 4.69) is 0 Å². The Morgan fingerprint density at radius 1 is 1.03 bits per heavy atom. The van der Waals surface area contributed by atoms with Gasteiger partial charge < -0.3 is 15.7 Å². The fraction of sp³-hybridized carbons (Fsp3) is 0.130. The zero-order chi connectivity index (χ0) is 20.6. The zero-order valence-electron chi connectivity index (χ0n) is 15.5. The third-order valence-corrected chi connectivity index (χ3v) is 5.52. The molecule has 5 nitrogen and oxygen atoms in total. The quantitative estimate of drug-likeness (QED) is 0.496. The van der Waals surface area contributed by atoms with Gasteiger partial charge in [-0.1, -0.05) is 60.1 Å². The summed E-state index contributed by atoms with van der Waals surface area (Å²) < 4.78 is 0. The summed E-state index contributed by atoms with van der Waals surface area (Å²) in [5.41, 5.74) is 6.35. The Morgan fingerprint density at radius 3 is 2.52 bits per heavy atom. The van der Waals surface area contributed by atoms with E-state index in [0.717, 1.165) is 5.56 Å². The number of nitrogens with zero attached hydrogens (tertiary/aromatic N) is 1. The van der Waals surface area contributed by atoms with Crippen molar-refractivity contribution in [3.05, 3.63) is 94.5 Å². The van der Waals surface area contributed by atoms with Gasteiger partial charge in [0.2, 0.25) is 0 Å². The van der Waals surface area contributed by atoms with Crippen molar-refractivity contribution < 1.29 is 14.7 Å². The Kier molecular flexibility index (Phi) is 4.86. The second kappa shape index (κ2) is 7.35. The van der Waals surface area contributed by atoms with Crippen LogP contribution in [-0.4, -0.2) is 16.8 Å². The van der Waals surface area contributed by atoms with Crippen LogP contribution in [0.3, 0.4) is 0 Å². The van der Waals surface area contributed by atoms with E-state index in [4.69, 9.17) is 17.3 Å². The van der Waals surface area contributed by atoms with Crippen LogP contribution in [0.4, 0.5) is 11.4 Å². The number of rotatable bonds is 5. The van der Waals surface area contributed by atoms with Gasteiger partial charge in [0.25, 0.3) is 5.91 Å². The Hall–Kier alpha value is -3.15. The molecule has 1 aliphatic heterocycles. The molecule has 0 aromatic heterocycles. The number of fused-ring (bicyclic) bond motifs is 1. The molecule has 1 amide bonds. The highest BCUT2D eigenvalue weighted by Gasteiger charge is 2.50. The number of anilines is 2. The van der Waals surface area contributed by atoms with Gasteiger partial charge in [-0.3, -0.25) is 9.59 Å². The SMILES string of the molecule is Nc1cccc(C(=O)C[C@@]2(O)C(=O)N(Cc3ccccc3Cl)c3ccccc32)c1. The molecule has 0 radical (unpaired) electrons. The molecule has 0 saturated carbocycles. The Balaban J connectivity index is 1.70. The lowest BCUT2D eigenvalue weighted by Gasteiger charge is -2.23. The predicted molar refractivity (Wildman–Crippen MR) is 113 cm³/mol. The number of amides is 1. The molecular weight excluding hydrogens is 388 g/mol. The first-order valence-electron chi connectivity index (χ1n) is 9.16. The lowest BCUT2D eigenvalue weighted by molar-refractivity contribution is -0.136. The third-order valence-electron chi connectivity index (χ3n) is 5.15. The van der Waals surface area contributed by atoms with Crippen molar-refractivity contribution in [1.29, 1.82) is 0 Å². The molecule has 0 bridgehead atoms. The van der Waals surface area contributed by atoms with E-state index < -0.39 is 11.5 Å². The monoisotopic (exact) mass is 406 g/mol. The van der Waals surface area contributed by atoms with E-state index >= 15 is 0 Å². The Morgan fingerprint density at radius 2 is 1.76 bits per heavy atom. The summed E-state index contributed by atoms with van der Waals surface area (Å²) in [6.45, 7) is 0.199. The average molecular weight is 407 g/mol. The minimum atomic E-state index is -1.94. The van der Waals surface area contributed by atoms with Gasteiger partial charge in [-0.2, -0.15) is 0 Å². The zero-order valence-corrected chi connectivity index (χ0v) is 16.3. The van der Waals surface area contributed by atoms with Crippen molar-refractivity contribution >= 4 is 34.7 Å². The van der Waals surface area contributed by atoms with Crippen molar-refractivity contribution in [1.82, 2.24) is 0 Å². The maximum atomic E-state index is 13.3. The lowest BCUT2D eigenvalue weighted by Crippen LogP contribution is -2.41. The number of carbonyl (C=O) groups is 2. The molecule has 0 spiro atoms. The van der Waals surface area contributed by atoms with Crippen LogP contribution in [-0.2, 0) is 16.9 Å². The van der Waals surface area contributed by atoms with Crippen molar-refractivity contribution in [3.8, 4) is 0 Å². The van der Waals surface area contributed by atoms with E-state index in [1.165, 1.54) is 4.90 Å². The van der Waals surface area contributed by atoms with Crippen LogP contribution in [0.15, 0.2) is 72.8 Å². The highest BCUT2D eigenvalue weighted by molar-refractivity contribution is 6.31. The summed E-state index contributed by atoms with van der Waals surface area (Å²) >= 11 is 6.26. The molecule has 4 rings (SSSR count). The molecule has 29 heavy (non-hydrogen) atoms. The number of nitrogens with two attached hydrogens (primary N) is 1. The van der Waals surface area contributed by atoms with Gasteiger partial charge in [0, 0.05) is 21.8 Å². The summed E-state index contributed by atoms with van der Waals surface area (Å²) in [5, 5.41) is 11.9. The number of Topliss-reactive ketones (excluding diaryl/α,β-unsaturated/α-hetero) is 1. The fourth-order valence-corrected chi connectivity index (χ4v) is 3.87. The summed E-state index contributed by atoms with van der Waals surface area (Å²) in [4.78, 5) is 27.6. The van der Waals surface area contributed by atoms with E-state index in [1.54, 1.807) is 54.6 Å². The number of hydrogen-bond donors (Lipinski definition) is 2. The highest BCUT2D eigenvalue weighted by atomic mass is 35.5. The van der Waals surface area contributed by atoms with Gasteiger partial charge in [0.05, 0.1) is 18.7 Å². The number of ketones is 1. The first-order chi connectivity index (χ1) is 13.9. The minimum Gasteiger partial charge on any atom is -0.399 e. The van der Waals surface area contributed by atoms with E-state index in [9.17, 15) is 14.7 Å². The number of carbonyl (C=O) groups excluding carboxylic acids is 2. The maximum Gasteiger partial charge on any atom is 0.264 e. The molecule has 0 aliphatic carbocycles. The highest BCUT2D eigenvalue weighted by Crippen LogP contribution is 2.43. The molecule has 3 aromatic carbocycles. The van der Waals surface area contributed by atoms with Crippen LogP contribution in [0.2, 0.25) is 5.02 Å². The average Bonchev–Trinajstić information content (AvgIpc) is 2.92. The van der Waals surface area contributed by atoms with Crippen LogP contribution in [0.5, 0.6) is 0 Å². The van der Waals surface area contributed by atoms with Crippen molar-refractivity contribution in [2.24, 2.45) is 0 Å². The van der Waals surface area contributed by atoms with Gasteiger partial charge in [0.15, 0.2) is 11.4 Å². The smallest absolute Gasteiger partial charge is 0.264 e. The molecule has 0 unspecified atom stereocenters. The fourth-order valence-electron chi connectivity index (χ4n) is 3.68. The van der Waals surface area contributed by atoms with Crippen molar-refractivity contribution in [2.75, 3.05) is 10.6 Å². The van der Waals surface area contributed by atoms with E-state index in [1.807, 2.05) is 18.2 Å². The van der Waals surface area contributed by atoms with Gasteiger partial charge in [0.1, 0.15) is 0 Å². The predicted octanol–water partition coefficient (Wildman–Crippen LogP) is 3.93. The number of benzene rings is 3. The molecule has 0 saturated heterocycles.